The molecule has 1 fully saturated rings. The fraction of sp³-hybridized carbons (Fsp3) is 0.360. The molecule has 4 nitrogen and oxygen atoms in total. The predicted molar refractivity (Wildman–Crippen MR) is 116 cm³/mol. The Hall–Kier alpha value is -2.90. The van der Waals surface area contributed by atoms with Gasteiger partial charge in [-0.3, -0.25) is 4.98 Å². The van der Waals surface area contributed by atoms with Gasteiger partial charge in [0.2, 0.25) is 0 Å². The molecule has 1 aliphatic heterocycles. The van der Waals surface area contributed by atoms with E-state index in [1.54, 1.807) is 0 Å². The van der Waals surface area contributed by atoms with Crippen LogP contribution in [-0.4, -0.2) is 17.6 Å². The van der Waals surface area contributed by atoms with Gasteiger partial charge in [0.05, 0.1) is 11.6 Å². The van der Waals surface area contributed by atoms with Crippen molar-refractivity contribution in [3.05, 3.63) is 76.8 Å². The van der Waals surface area contributed by atoms with Crippen LogP contribution in [0, 0.1) is 11.3 Å². The Labute approximate surface area is 172 Å². The summed E-state index contributed by atoms with van der Waals surface area (Å²) in [6.07, 6.45) is 14.8. The van der Waals surface area contributed by atoms with Crippen LogP contribution in [0.1, 0.15) is 66.3 Å². The largest absolute Gasteiger partial charge is 0.391 e. The Kier molecular flexibility index (Phi) is 4.49. The third-order valence-electron chi connectivity index (χ3n) is 6.38. The number of hydrogen-bond acceptors (Lipinski definition) is 4. The van der Waals surface area contributed by atoms with Gasteiger partial charge < -0.3 is 10.6 Å². The van der Waals surface area contributed by atoms with Gasteiger partial charge >= 0.3 is 0 Å². The minimum Gasteiger partial charge on any atom is -0.391 e. The number of benzene rings is 1. The summed E-state index contributed by atoms with van der Waals surface area (Å²) < 4.78 is 0. The molecule has 2 unspecified atom stereocenters. The molecule has 1 saturated carbocycles. The van der Waals surface area contributed by atoms with Gasteiger partial charge in [-0.1, -0.05) is 18.2 Å². The summed E-state index contributed by atoms with van der Waals surface area (Å²) in [7, 11) is 0. The van der Waals surface area contributed by atoms with E-state index in [0.29, 0.717) is 12.0 Å². The van der Waals surface area contributed by atoms with Crippen molar-refractivity contribution in [3.8, 4) is 6.07 Å². The van der Waals surface area contributed by atoms with Gasteiger partial charge in [0.25, 0.3) is 0 Å². The quantitative estimate of drug-likeness (QED) is 0.820. The fourth-order valence-corrected chi connectivity index (χ4v) is 4.71. The number of nitriles is 1. The smallest absolute Gasteiger partial charge is 0.0991 e. The second kappa shape index (κ2) is 7.17. The molecule has 5 rings (SSSR count). The van der Waals surface area contributed by atoms with Crippen molar-refractivity contribution in [1.82, 2.24) is 15.6 Å². The van der Waals surface area contributed by atoms with Crippen LogP contribution in [0.5, 0.6) is 0 Å². The summed E-state index contributed by atoms with van der Waals surface area (Å²) in [5.74, 6) is 0.632. The lowest BCUT2D eigenvalue weighted by Crippen LogP contribution is -2.48. The van der Waals surface area contributed by atoms with Gasteiger partial charge in [0.15, 0.2) is 0 Å². The van der Waals surface area contributed by atoms with E-state index in [2.05, 4.69) is 65.0 Å². The summed E-state index contributed by atoms with van der Waals surface area (Å²) in [6.45, 7) is 3.27. The van der Waals surface area contributed by atoms with Crippen molar-refractivity contribution in [2.24, 2.45) is 0 Å². The molecule has 3 aliphatic rings. The highest BCUT2D eigenvalue weighted by Gasteiger charge is 2.35. The van der Waals surface area contributed by atoms with E-state index in [1.165, 1.54) is 40.7 Å². The molecule has 0 radical (unpaired) electrons. The lowest BCUT2D eigenvalue weighted by Gasteiger charge is -2.40. The number of rotatable bonds is 4. The van der Waals surface area contributed by atoms with Gasteiger partial charge in [-0.05, 0) is 90.8 Å². The Balaban J connectivity index is 1.56. The number of nitrogens with zero attached hydrogens (tertiary/aromatic N) is 2. The summed E-state index contributed by atoms with van der Waals surface area (Å²) in [6, 6.07) is 11.2. The van der Waals surface area contributed by atoms with E-state index >= 15 is 0 Å². The number of fused-ring (bicyclic) bond motifs is 1. The lowest BCUT2D eigenvalue weighted by atomic mass is 9.76. The van der Waals surface area contributed by atoms with E-state index in [4.69, 9.17) is 0 Å². The molecule has 0 amide bonds. The fourth-order valence-electron chi connectivity index (χ4n) is 4.71. The van der Waals surface area contributed by atoms with E-state index in [-0.39, 0.29) is 5.54 Å². The topological polar surface area (TPSA) is 60.7 Å². The van der Waals surface area contributed by atoms with Gasteiger partial charge in [-0.25, -0.2) is 0 Å². The molecule has 1 aromatic heterocycles. The number of nitrogens with one attached hydrogen (secondary N) is 2. The van der Waals surface area contributed by atoms with Crippen LogP contribution >= 0.6 is 0 Å². The molecule has 1 aromatic carbocycles. The monoisotopic (exact) mass is 382 g/mol. The summed E-state index contributed by atoms with van der Waals surface area (Å²) in [4.78, 5) is 4.41. The normalized spacial score (nSPS) is 25.5. The molecule has 0 bridgehead atoms. The predicted octanol–water partition coefficient (Wildman–Crippen LogP) is 4.46. The molecule has 2 N–H and O–H groups in total. The van der Waals surface area contributed by atoms with Crippen LogP contribution in [0.2, 0.25) is 0 Å². The first-order chi connectivity index (χ1) is 14.1. The lowest BCUT2D eigenvalue weighted by molar-refractivity contribution is 0.329. The molecule has 2 heterocycles. The second-order valence-electron chi connectivity index (χ2n) is 8.72. The molecular formula is C25H26N4. The molecule has 4 heteroatoms. The summed E-state index contributed by atoms with van der Waals surface area (Å²) in [5.41, 5.74) is 6.80. The average molecular weight is 383 g/mol. The molecule has 2 aliphatic carbocycles. The summed E-state index contributed by atoms with van der Waals surface area (Å²) >= 11 is 0. The molecule has 0 saturated heterocycles. The first kappa shape index (κ1) is 18.1. The Morgan fingerprint density at radius 3 is 2.90 bits per heavy atom. The number of hydrogen-bond donors (Lipinski definition) is 2. The zero-order valence-corrected chi connectivity index (χ0v) is 16.8. The average Bonchev–Trinajstić information content (AvgIpc) is 3.59. The minimum atomic E-state index is -0.206. The van der Waals surface area contributed by atoms with Crippen molar-refractivity contribution in [2.45, 2.75) is 50.1 Å². The maximum atomic E-state index is 9.56. The molecular weight excluding hydrogens is 356 g/mol. The maximum absolute atomic E-state index is 9.56. The Morgan fingerprint density at radius 2 is 2.14 bits per heavy atom. The third kappa shape index (κ3) is 3.59. The summed E-state index contributed by atoms with van der Waals surface area (Å²) in [5, 5.41) is 16.7. The standard InChI is InChI=1S/C25H26N4/c1-25(29-23-5-8-27-9-6-23)14-22(12-19-4-7-28-16-24(19)25)21-11-17(15-26)10-20(13-21)18-2-3-18/h4-5,7-8,10-13,16,18,23,27,29H,2-3,6,9,14H2,1H3. The zero-order chi connectivity index (χ0) is 19.8. The van der Waals surface area contributed by atoms with Gasteiger partial charge in [-0.15, -0.1) is 0 Å². The van der Waals surface area contributed by atoms with E-state index < -0.39 is 0 Å². The van der Waals surface area contributed by atoms with Crippen molar-refractivity contribution in [2.75, 3.05) is 6.54 Å². The van der Waals surface area contributed by atoms with Crippen LogP contribution in [-0.2, 0) is 5.54 Å². The zero-order valence-electron chi connectivity index (χ0n) is 16.8. The number of pyridine rings is 1. The Bertz CT molecular complexity index is 1040. The van der Waals surface area contributed by atoms with Crippen LogP contribution in [0.25, 0.3) is 11.6 Å². The minimum absolute atomic E-state index is 0.206. The maximum Gasteiger partial charge on any atom is 0.0991 e. The van der Waals surface area contributed by atoms with Crippen molar-refractivity contribution in [3.63, 3.8) is 0 Å². The third-order valence-corrected chi connectivity index (χ3v) is 6.38. The molecule has 2 aromatic rings. The molecule has 146 valence electrons. The van der Waals surface area contributed by atoms with Crippen LogP contribution in [0.15, 0.2) is 48.9 Å². The van der Waals surface area contributed by atoms with E-state index in [0.717, 1.165) is 24.9 Å². The highest BCUT2D eigenvalue weighted by molar-refractivity contribution is 5.86. The van der Waals surface area contributed by atoms with Crippen LogP contribution in [0.3, 0.4) is 0 Å². The first-order valence-corrected chi connectivity index (χ1v) is 10.5. The molecule has 2 atom stereocenters. The van der Waals surface area contributed by atoms with Crippen molar-refractivity contribution < 1.29 is 0 Å². The van der Waals surface area contributed by atoms with Crippen LogP contribution < -0.4 is 10.6 Å². The Morgan fingerprint density at radius 1 is 1.24 bits per heavy atom. The van der Waals surface area contributed by atoms with E-state index in [9.17, 15) is 5.26 Å². The van der Waals surface area contributed by atoms with Gasteiger partial charge in [0, 0.05) is 30.5 Å². The van der Waals surface area contributed by atoms with Crippen molar-refractivity contribution >= 4 is 11.6 Å². The molecule has 0 spiro atoms. The second-order valence-corrected chi connectivity index (χ2v) is 8.72. The van der Waals surface area contributed by atoms with Gasteiger partial charge in [0.1, 0.15) is 0 Å². The first-order valence-electron chi connectivity index (χ1n) is 10.5. The SMILES string of the molecule is CC1(NC2C=CNCC2)CC(c2cc(C#N)cc(C3CC3)c2)=Cc2ccncc21. The highest BCUT2D eigenvalue weighted by Crippen LogP contribution is 2.44. The molecule has 29 heavy (non-hydrogen) atoms. The van der Waals surface area contributed by atoms with Crippen LogP contribution in [0.4, 0.5) is 0 Å². The number of aromatic nitrogens is 1. The van der Waals surface area contributed by atoms with E-state index in [1.807, 2.05) is 18.6 Å². The van der Waals surface area contributed by atoms with Crippen molar-refractivity contribution in [1.29, 1.82) is 5.26 Å². The van der Waals surface area contributed by atoms with Gasteiger partial charge in [-0.2, -0.15) is 5.26 Å². The highest BCUT2D eigenvalue weighted by atomic mass is 15.0.